The first-order valence-electron chi connectivity index (χ1n) is 13.7. The van der Waals surface area contributed by atoms with Crippen LogP contribution in [0.15, 0.2) is 60.7 Å². The van der Waals surface area contributed by atoms with E-state index in [4.69, 9.17) is 27.9 Å². The van der Waals surface area contributed by atoms with E-state index < -0.39 is 11.8 Å². The number of anilines is 2. The molecule has 0 fully saturated rings. The monoisotopic (exact) mass is 616 g/mol. The molecular formula is C31H35Cl2FN4O4. The fraction of sp³-hybridized carbons (Fsp3) is 0.355. The van der Waals surface area contributed by atoms with Crippen molar-refractivity contribution in [1.82, 2.24) is 9.80 Å². The minimum Gasteiger partial charge on any atom is -0.488 e. The molecule has 11 heteroatoms. The van der Waals surface area contributed by atoms with E-state index in [2.05, 4.69) is 15.5 Å². The maximum absolute atomic E-state index is 13.5. The summed E-state index contributed by atoms with van der Waals surface area (Å²) >= 11 is 12.3. The number of ether oxygens (including phenoxy) is 1. The third-order valence-electron chi connectivity index (χ3n) is 7.20. The zero-order chi connectivity index (χ0) is 30.4. The van der Waals surface area contributed by atoms with Crippen molar-refractivity contribution in [3.05, 3.63) is 87.7 Å². The van der Waals surface area contributed by atoms with E-state index in [0.717, 1.165) is 5.56 Å². The molecule has 0 aliphatic carbocycles. The minimum atomic E-state index is -0.511. The van der Waals surface area contributed by atoms with Crippen LogP contribution in [0.3, 0.4) is 0 Å². The van der Waals surface area contributed by atoms with Crippen molar-refractivity contribution in [1.29, 1.82) is 0 Å². The summed E-state index contributed by atoms with van der Waals surface area (Å²) in [6.07, 6.45) is -0.260. The summed E-state index contributed by atoms with van der Waals surface area (Å²) in [6, 6.07) is 15.3. The molecular weight excluding hydrogens is 582 g/mol. The normalized spacial score (nSPS) is 17.9. The number of nitrogens with one attached hydrogen (secondary N) is 2. The van der Waals surface area contributed by atoms with Gasteiger partial charge in [-0.2, -0.15) is 0 Å². The maximum Gasteiger partial charge on any atom is 0.323 e. The number of fused-ring (bicyclic) bond motifs is 1. The number of carbonyl (C=O) groups is 2. The highest BCUT2D eigenvalue weighted by atomic mass is 35.5. The molecule has 42 heavy (non-hydrogen) atoms. The molecule has 8 nitrogen and oxygen atoms in total. The fourth-order valence-electron chi connectivity index (χ4n) is 4.87. The van der Waals surface area contributed by atoms with Gasteiger partial charge in [0.2, 0.25) is 5.91 Å². The highest BCUT2D eigenvalue weighted by Gasteiger charge is 2.31. The molecule has 0 radical (unpaired) electrons. The van der Waals surface area contributed by atoms with Crippen molar-refractivity contribution >= 4 is 46.5 Å². The number of halogens is 3. The topological polar surface area (TPSA) is 94.1 Å². The van der Waals surface area contributed by atoms with Crippen molar-refractivity contribution < 1.29 is 23.8 Å². The van der Waals surface area contributed by atoms with Crippen LogP contribution < -0.4 is 15.4 Å². The van der Waals surface area contributed by atoms with Gasteiger partial charge in [-0.25, -0.2) is 9.18 Å². The number of amides is 3. The molecule has 0 bridgehead atoms. The van der Waals surface area contributed by atoms with Gasteiger partial charge in [0.25, 0.3) is 0 Å². The quantitative estimate of drug-likeness (QED) is 0.286. The van der Waals surface area contributed by atoms with Crippen LogP contribution >= 0.6 is 23.2 Å². The van der Waals surface area contributed by atoms with E-state index in [1.54, 1.807) is 29.2 Å². The van der Waals surface area contributed by atoms with Crippen molar-refractivity contribution in [3.8, 4) is 5.75 Å². The summed E-state index contributed by atoms with van der Waals surface area (Å²) in [7, 11) is 1.98. The molecule has 3 aromatic rings. The largest absolute Gasteiger partial charge is 0.488 e. The van der Waals surface area contributed by atoms with Crippen LogP contribution in [0, 0.1) is 11.7 Å². The summed E-state index contributed by atoms with van der Waals surface area (Å²) < 4.78 is 19.8. The lowest BCUT2D eigenvalue weighted by atomic mass is 10.0. The highest BCUT2D eigenvalue weighted by molar-refractivity contribution is 6.42. The van der Waals surface area contributed by atoms with Crippen molar-refractivity contribution in [3.63, 3.8) is 0 Å². The number of likely N-dealkylation sites (N-methyl/N-ethyl adjacent to an activating group) is 1. The summed E-state index contributed by atoms with van der Waals surface area (Å²) in [4.78, 5) is 29.9. The van der Waals surface area contributed by atoms with Gasteiger partial charge < -0.3 is 25.4 Å². The van der Waals surface area contributed by atoms with Crippen LogP contribution in [0.5, 0.6) is 5.75 Å². The first-order chi connectivity index (χ1) is 20.0. The Kier molecular flexibility index (Phi) is 10.7. The smallest absolute Gasteiger partial charge is 0.323 e. The lowest BCUT2D eigenvalue weighted by Gasteiger charge is -2.34. The number of aliphatic hydroxyl groups excluding tert-OH is 1. The first-order valence-corrected chi connectivity index (χ1v) is 14.4. The number of rotatable bonds is 8. The number of benzene rings is 3. The zero-order valence-corrected chi connectivity index (χ0v) is 25.3. The first kappa shape index (κ1) is 31.6. The molecule has 3 atom stereocenters. The van der Waals surface area contributed by atoms with Gasteiger partial charge in [-0.15, -0.1) is 0 Å². The Morgan fingerprint density at radius 1 is 1.10 bits per heavy atom. The molecule has 0 spiro atoms. The summed E-state index contributed by atoms with van der Waals surface area (Å²) in [5.41, 5.74) is 2.52. The SMILES string of the molecule is C[C@@H]1CN([C@@H](C)CO)C(=O)Cc2cc(NC(=O)Nc3ccc(F)cc3)ccc2O[C@@H]1CN(C)Cc1ccc(Cl)c(Cl)c1. The predicted octanol–water partition coefficient (Wildman–Crippen LogP) is 6.06. The van der Waals surface area contributed by atoms with E-state index in [9.17, 15) is 19.1 Å². The second kappa shape index (κ2) is 14.2. The molecule has 1 aliphatic heterocycles. The minimum absolute atomic E-state index is 0.0350. The van der Waals surface area contributed by atoms with Crippen LogP contribution in [0.25, 0.3) is 0 Å². The summed E-state index contributed by atoms with van der Waals surface area (Å²) in [6.45, 7) is 5.24. The van der Waals surface area contributed by atoms with E-state index in [-0.39, 0.29) is 37.0 Å². The lowest BCUT2D eigenvalue weighted by Crippen LogP contribution is -2.47. The van der Waals surface area contributed by atoms with E-state index in [0.29, 0.717) is 52.4 Å². The van der Waals surface area contributed by atoms with Crippen molar-refractivity contribution in [2.45, 2.75) is 39.0 Å². The molecule has 3 aromatic carbocycles. The Bertz CT molecular complexity index is 1410. The molecule has 0 saturated heterocycles. The standard InChI is InChI=1S/C31H35Cl2FN4O4/c1-19-15-38(20(2)18-39)30(40)14-22-13-25(36-31(41)35-24-7-5-23(34)6-8-24)9-11-28(22)42-29(19)17-37(3)16-21-4-10-26(32)27(33)12-21/h4-13,19-20,29,39H,14-18H2,1-3H3,(H2,35,36,41)/t19-,20+,29-/m1/s1. The summed E-state index contributed by atoms with van der Waals surface area (Å²) in [5, 5.41) is 16.3. The fourth-order valence-corrected chi connectivity index (χ4v) is 5.19. The van der Waals surface area contributed by atoms with Gasteiger partial charge in [-0.05, 0) is 74.1 Å². The van der Waals surface area contributed by atoms with Crippen LogP contribution in [-0.4, -0.2) is 65.7 Å². The van der Waals surface area contributed by atoms with Gasteiger partial charge in [0.1, 0.15) is 17.7 Å². The van der Waals surface area contributed by atoms with Crippen LogP contribution in [-0.2, 0) is 17.8 Å². The van der Waals surface area contributed by atoms with Crippen LogP contribution in [0.2, 0.25) is 10.0 Å². The zero-order valence-electron chi connectivity index (χ0n) is 23.7. The number of aliphatic hydroxyl groups is 1. The Hall–Kier alpha value is -3.37. The van der Waals surface area contributed by atoms with Crippen LogP contribution in [0.1, 0.15) is 25.0 Å². The van der Waals surface area contributed by atoms with Crippen LogP contribution in [0.4, 0.5) is 20.6 Å². The third-order valence-corrected chi connectivity index (χ3v) is 7.94. The molecule has 1 aliphatic rings. The highest BCUT2D eigenvalue weighted by Crippen LogP contribution is 2.30. The number of hydrogen-bond acceptors (Lipinski definition) is 5. The molecule has 4 rings (SSSR count). The van der Waals surface area contributed by atoms with E-state index in [1.807, 2.05) is 33.0 Å². The molecule has 1 heterocycles. The Morgan fingerprint density at radius 2 is 1.79 bits per heavy atom. The average molecular weight is 618 g/mol. The second-order valence-electron chi connectivity index (χ2n) is 10.7. The Morgan fingerprint density at radius 3 is 2.48 bits per heavy atom. The van der Waals surface area contributed by atoms with Gasteiger partial charge in [0.05, 0.1) is 29.1 Å². The van der Waals surface area contributed by atoms with Gasteiger partial charge >= 0.3 is 6.03 Å². The number of carbonyl (C=O) groups excluding carboxylic acids is 2. The average Bonchev–Trinajstić information content (AvgIpc) is 2.99. The van der Waals surface area contributed by atoms with Gasteiger partial charge in [0.15, 0.2) is 0 Å². The number of hydrogen-bond donors (Lipinski definition) is 3. The van der Waals surface area contributed by atoms with Gasteiger partial charge in [0, 0.05) is 42.5 Å². The third kappa shape index (κ3) is 8.35. The number of urea groups is 1. The second-order valence-corrected chi connectivity index (χ2v) is 11.6. The maximum atomic E-state index is 13.5. The molecule has 0 aromatic heterocycles. The molecule has 224 valence electrons. The van der Waals surface area contributed by atoms with Crippen molar-refractivity contribution in [2.24, 2.45) is 5.92 Å². The lowest BCUT2D eigenvalue weighted by molar-refractivity contribution is -0.134. The van der Waals surface area contributed by atoms with E-state index >= 15 is 0 Å². The summed E-state index contributed by atoms with van der Waals surface area (Å²) in [5.74, 6) is -0.0671. The Labute approximate surface area is 255 Å². The van der Waals surface area contributed by atoms with Gasteiger partial charge in [-0.1, -0.05) is 36.2 Å². The number of nitrogens with zero attached hydrogens (tertiary/aromatic N) is 2. The predicted molar refractivity (Wildman–Crippen MR) is 164 cm³/mol. The Balaban J connectivity index is 1.56. The molecule has 0 saturated carbocycles. The van der Waals surface area contributed by atoms with Crippen molar-refractivity contribution in [2.75, 3.05) is 37.4 Å². The van der Waals surface area contributed by atoms with E-state index in [1.165, 1.54) is 24.3 Å². The van der Waals surface area contributed by atoms with Gasteiger partial charge in [-0.3, -0.25) is 9.69 Å². The molecule has 3 N–H and O–H groups in total. The molecule has 0 unspecified atom stereocenters. The molecule has 3 amide bonds.